The van der Waals surface area contributed by atoms with E-state index in [-0.39, 0.29) is 12.0 Å². The zero-order chi connectivity index (χ0) is 26.2. The number of likely N-dealkylation sites (tertiary alicyclic amines) is 1. The number of aromatic nitrogens is 1. The Bertz CT molecular complexity index is 1020. The van der Waals surface area contributed by atoms with Gasteiger partial charge in [0.15, 0.2) is 0 Å². The van der Waals surface area contributed by atoms with Crippen LogP contribution in [0.15, 0.2) is 30.5 Å². The van der Waals surface area contributed by atoms with Crippen molar-refractivity contribution in [1.29, 1.82) is 0 Å². The van der Waals surface area contributed by atoms with Crippen LogP contribution in [0.3, 0.4) is 0 Å². The molecule has 2 aliphatic heterocycles. The predicted molar refractivity (Wildman–Crippen MR) is 153 cm³/mol. The third-order valence-electron chi connectivity index (χ3n) is 8.91. The standard InChI is InChI=1S/C32H47N3O3/c1-2-3-4-5-7-26-22-28-8-6-15-33-31(28)30(23-26)38-29-13-16-34(17-14-29)24-25-9-11-27(12-10-25)32(36)35-18-20-37-21-19-35/h6,8,15,22-23,25,27,29H,2-5,7,9-14,16-21,24H2,1H3. The lowest BCUT2D eigenvalue weighted by Crippen LogP contribution is -2.45. The summed E-state index contributed by atoms with van der Waals surface area (Å²) in [6.07, 6.45) is 15.0. The Morgan fingerprint density at radius 1 is 1.00 bits per heavy atom. The van der Waals surface area contributed by atoms with Crippen molar-refractivity contribution in [2.24, 2.45) is 11.8 Å². The maximum Gasteiger partial charge on any atom is 0.225 e. The van der Waals surface area contributed by atoms with Gasteiger partial charge in [-0.1, -0.05) is 32.3 Å². The number of fused-ring (bicyclic) bond motifs is 1. The molecule has 1 aliphatic carbocycles. The number of hydrogen-bond donors (Lipinski definition) is 0. The van der Waals surface area contributed by atoms with E-state index in [4.69, 9.17) is 9.47 Å². The predicted octanol–water partition coefficient (Wildman–Crippen LogP) is 5.87. The van der Waals surface area contributed by atoms with Crippen LogP contribution in [0.2, 0.25) is 0 Å². The van der Waals surface area contributed by atoms with E-state index < -0.39 is 0 Å². The summed E-state index contributed by atoms with van der Waals surface area (Å²) in [7, 11) is 0. The first-order valence-corrected chi connectivity index (χ1v) is 15.3. The third-order valence-corrected chi connectivity index (χ3v) is 8.91. The zero-order valence-electron chi connectivity index (χ0n) is 23.4. The fraction of sp³-hybridized carbons (Fsp3) is 0.688. The lowest BCUT2D eigenvalue weighted by molar-refractivity contribution is -0.141. The lowest BCUT2D eigenvalue weighted by Gasteiger charge is -2.37. The Morgan fingerprint density at radius 3 is 2.55 bits per heavy atom. The molecule has 208 valence electrons. The van der Waals surface area contributed by atoms with Gasteiger partial charge in [-0.15, -0.1) is 0 Å². The molecule has 3 heterocycles. The van der Waals surface area contributed by atoms with Gasteiger partial charge in [0.2, 0.25) is 5.91 Å². The summed E-state index contributed by atoms with van der Waals surface area (Å²) in [6.45, 7) is 8.55. The highest BCUT2D eigenvalue weighted by Crippen LogP contribution is 2.33. The summed E-state index contributed by atoms with van der Waals surface area (Å²) in [5, 5.41) is 1.19. The highest BCUT2D eigenvalue weighted by Gasteiger charge is 2.31. The summed E-state index contributed by atoms with van der Waals surface area (Å²) >= 11 is 0. The Kier molecular flexibility index (Phi) is 9.91. The molecule has 0 unspecified atom stereocenters. The molecule has 6 heteroatoms. The van der Waals surface area contributed by atoms with E-state index in [1.807, 2.05) is 17.2 Å². The van der Waals surface area contributed by atoms with Gasteiger partial charge in [-0.3, -0.25) is 9.78 Å². The summed E-state index contributed by atoms with van der Waals surface area (Å²) in [6, 6.07) is 8.74. The van der Waals surface area contributed by atoms with Crippen molar-refractivity contribution in [1.82, 2.24) is 14.8 Å². The molecule has 2 aromatic rings. The number of nitrogens with zero attached hydrogens (tertiary/aromatic N) is 3. The van der Waals surface area contributed by atoms with Crippen molar-refractivity contribution in [3.63, 3.8) is 0 Å². The van der Waals surface area contributed by atoms with E-state index in [0.29, 0.717) is 19.1 Å². The Morgan fingerprint density at radius 2 is 1.79 bits per heavy atom. The van der Waals surface area contributed by atoms with Gasteiger partial charge in [-0.05, 0) is 81.0 Å². The van der Waals surface area contributed by atoms with Gasteiger partial charge in [0.05, 0.1) is 13.2 Å². The minimum Gasteiger partial charge on any atom is -0.488 e. The van der Waals surface area contributed by atoms with Crippen LogP contribution in [0.4, 0.5) is 0 Å². The van der Waals surface area contributed by atoms with Crippen LogP contribution in [0.1, 0.15) is 76.7 Å². The summed E-state index contributed by atoms with van der Waals surface area (Å²) in [4.78, 5) is 22.2. The number of hydrogen-bond acceptors (Lipinski definition) is 5. The second-order valence-corrected chi connectivity index (χ2v) is 11.8. The van der Waals surface area contributed by atoms with Gasteiger partial charge in [0.1, 0.15) is 17.4 Å². The zero-order valence-corrected chi connectivity index (χ0v) is 23.4. The first-order valence-electron chi connectivity index (χ1n) is 15.3. The second-order valence-electron chi connectivity index (χ2n) is 11.8. The summed E-state index contributed by atoms with van der Waals surface area (Å²) in [5.41, 5.74) is 2.37. The fourth-order valence-electron chi connectivity index (χ4n) is 6.60. The fourth-order valence-corrected chi connectivity index (χ4v) is 6.60. The third kappa shape index (κ3) is 7.26. The molecule has 5 rings (SSSR count). The van der Waals surface area contributed by atoms with E-state index in [0.717, 1.165) is 75.5 Å². The number of carbonyl (C=O) groups is 1. The topological polar surface area (TPSA) is 54.9 Å². The molecular weight excluding hydrogens is 474 g/mol. The van der Waals surface area contributed by atoms with Gasteiger partial charge in [0.25, 0.3) is 0 Å². The number of carbonyl (C=O) groups excluding carboxylic acids is 1. The number of piperidine rings is 1. The monoisotopic (exact) mass is 521 g/mol. The number of pyridine rings is 1. The van der Waals surface area contributed by atoms with E-state index in [1.165, 1.54) is 56.0 Å². The van der Waals surface area contributed by atoms with Gasteiger partial charge >= 0.3 is 0 Å². The molecule has 3 fully saturated rings. The van der Waals surface area contributed by atoms with Crippen LogP contribution >= 0.6 is 0 Å². The first-order chi connectivity index (χ1) is 18.7. The number of aryl methyl sites for hydroxylation is 1. The highest BCUT2D eigenvalue weighted by atomic mass is 16.5. The van der Waals surface area contributed by atoms with Crippen LogP contribution in [0.25, 0.3) is 10.9 Å². The quantitative estimate of drug-likeness (QED) is 0.366. The molecule has 0 radical (unpaired) electrons. The van der Waals surface area contributed by atoms with Crippen molar-refractivity contribution in [3.8, 4) is 5.75 Å². The normalized spacial score (nSPS) is 23.6. The molecule has 0 atom stereocenters. The number of ether oxygens (including phenoxy) is 2. The van der Waals surface area contributed by atoms with Crippen LogP contribution in [-0.2, 0) is 16.0 Å². The molecule has 1 amide bonds. The van der Waals surface area contributed by atoms with E-state index >= 15 is 0 Å². The average molecular weight is 522 g/mol. The molecule has 3 aliphatic rings. The number of benzene rings is 1. The maximum absolute atomic E-state index is 12.9. The first kappa shape index (κ1) is 27.4. The molecule has 6 nitrogen and oxygen atoms in total. The van der Waals surface area contributed by atoms with Gasteiger partial charge in [-0.2, -0.15) is 0 Å². The molecule has 0 N–H and O–H groups in total. The Balaban J connectivity index is 1.08. The molecule has 0 spiro atoms. The van der Waals surface area contributed by atoms with E-state index in [9.17, 15) is 4.79 Å². The van der Waals surface area contributed by atoms with Crippen LogP contribution < -0.4 is 4.74 Å². The number of morpholine rings is 1. The van der Waals surface area contributed by atoms with Gasteiger partial charge in [-0.25, -0.2) is 0 Å². The molecule has 1 aromatic carbocycles. The van der Waals surface area contributed by atoms with Crippen molar-refractivity contribution in [2.75, 3.05) is 45.9 Å². The van der Waals surface area contributed by atoms with E-state index in [2.05, 4.69) is 35.0 Å². The lowest BCUT2D eigenvalue weighted by atomic mass is 9.81. The summed E-state index contributed by atoms with van der Waals surface area (Å²) < 4.78 is 12.0. The SMILES string of the molecule is CCCCCCc1cc(OC2CCN(CC3CCC(C(=O)N4CCOCC4)CC3)CC2)c2ncccc2c1. The largest absolute Gasteiger partial charge is 0.488 e. The van der Waals surface area contributed by atoms with E-state index in [1.54, 1.807) is 0 Å². The van der Waals surface area contributed by atoms with Crippen LogP contribution in [-0.4, -0.2) is 72.7 Å². The average Bonchev–Trinajstić information content (AvgIpc) is 2.97. The van der Waals surface area contributed by atoms with Gasteiger partial charge < -0.3 is 19.3 Å². The Labute approximate surface area is 229 Å². The molecular formula is C32H47N3O3. The van der Waals surface area contributed by atoms with Crippen molar-refractivity contribution in [2.45, 2.75) is 83.7 Å². The number of unbranched alkanes of at least 4 members (excludes halogenated alkanes) is 3. The minimum atomic E-state index is 0.231. The van der Waals surface area contributed by atoms with Crippen molar-refractivity contribution >= 4 is 16.8 Å². The molecule has 0 bridgehead atoms. The number of amides is 1. The van der Waals surface area contributed by atoms with Crippen molar-refractivity contribution < 1.29 is 14.3 Å². The molecule has 38 heavy (non-hydrogen) atoms. The smallest absolute Gasteiger partial charge is 0.225 e. The maximum atomic E-state index is 12.9. The van der Waals surface area contributed by atoms with Crippen LogP contribution in [0.5, 0.6) is 5.75 Å². The molecule has 2 saturated heterocycles. The molecule has 1 saturated carbocycles. The number of rotatable bonds is 10. The van der Waals surface area contributed by atoms with Gasteiger partial charge in [0, 0.05) is 50.2 Å². The minimum absolute atomic E-state index is 0.231. The second kappa shape index (κ2) is 13.7. The highest BCUT2D eigenvalue weighted by molar-refractivity contribution is 5.85. The van der Waals surface area contributed by atoms with Crippen molar-refractivity contribution in [3.05, 3.63) is 36.0 Å². The Hall–Kier alpha value is -2.18. The van der Waals surface area contributed by atoms with Crippen LogP contribution in [0, 0.1) is 11.8 Å². The summed E-state index contributed by atoms with van der Waals surface area (Å²) in [5.74, 6) is 2.29. The molecule has 1 aromatic heterocycles.